The predicted molar refractivity (Wildman–Crippen MR) is 222 cm³/mol. The number of carboxylic acids is 1. The minimum absolute atomic E-state index is 0.0559. The number of hydrogen-bond acceptors (Lipinski definition) is 9. The summed E-state index contributed by atoms with van der Waals surface area (Å²) in [6.45, 7) is 3.32. The van der Waals surface area contributed by atoms with Crippen molar-refractivity contribution < 1.29 is 24.5 Å². The number of nitriles is 1. The SMILES string of the molecule is Cc1cc(-c2ccc(CNC[C@@H]3CCC(=O)N3)cc2)c(Cl)c(-c2cccc3c2cnn3Cc2cc(OCc3cncc(C#N)c3)c(CN[C@@H](CO)C(=O)O)cc2Cl)c1. The quantitative estimate of drug-likeness (QED) is 0.0701. The summed E-state index contributed by atoms with van der Waals surface area (Å²) in [7, 11) is 0. The maximum absolute atomic E-state index is 11.6. The molecule has 0 spiro atoms. The Hall–Kier alpha value is -5.81. The molecule has 4 aromatic carbocycles. The van der Waals surface area contributed by atoms with Crippen molar-refractivity contribution in [2.24, 2.45) is 0 Å². The number of benzene rings is 4. The largest absolute Gasteiger partial charge is 0.489 e. The molecule has 0 aliphatic carbocycles. The number of nitrogens with zero attached hydrogens (tertiary/aromatic N) is 4. The highest BCUT2D eigenvalue weighted by Gasteiger charge is 2.21. The number of pyridine rings is 1. The highest BCUT2D eigenvalue weighted by molar-refractivity contribution is 6.36. The van der Waals surface area contributed by atoms with Crippen LogP contribution in [0.4, 0.5) is 0 Å². The van der Waals surface area contributed by atoms with Crippen LogP contribution in [0.2, 0.25) is 10.0 Å². The van der Waals surface area contributed by atoms with E-state index >= 15 is 0 Å². The van der Waals surface area contributed by atoms with E-state index in [0.29, 0.717) is 57.6 Å². The smallest absolute Gasteiger partial charge is 0.323 e. The maximum Gasteiger partial charge on any atom is 0.323 e. The molecule has 2 atom stereocenters. The van der Waals surface area contributed by atoms with Crippen LogP contribution in [0.15, 0.2) is 91.4 Å². The molecule has 1 aliphatic heterocycles. The number of amides is 1. The van der Waals surface area contributed by atoms with E-state index in [1.807, 2.05) is 29.1 Å². The molecule has 6 aromatic rings. The third-order valence-electron chi connectivity index (χ3n) is 10.2. The minimum Gasteiger partial charge on any atom is -0.489 e. The molecule has 1 fully saturated rings. The lowest BCUT2D eigenvalue weighted by Gasteiger charge is -2.18. The number of nitrogens with one attached hydrogen (secondary N) is 3. The van der Waals surface area contributed by atoms with Crippen molar-refractivity contribution in [2.45, 2.75) is 58.1 Å². The molecular formula is C44H41Cl2N7O5. The summed E-state index contributed by atoms with van der Waals surface area (Å²) < 4.78 is 8.08. The van der Waals surface area contributed by atoms with Crippen LogP contribution in [-0.2, 0) is 35.8 Å². The molecule has 14 heteroatoms. The lowest BCUT2D eigenvalue weighted by Crippen LogP contribution is -2.39. The number of aryl methyl sites for hydroxylation is 1. The van der Waals surface area contributed by atoms with Gasteiger partial charge in [-0.05, 0) is 77.6 Å². The zero-order chi connectivity index (χ0) is 40.8. The van der Waals surface area contributed by atoms with Crippen LogP contribution in [0, 0.1) is 18.3 Å². The maximum atomic E-state index is 11.6. The van der Waals surface area contributed by atoms with Crippen LogP contribution in [0.1, 0.15) is 46.2 Å². The van der Waals surface area contributed by atoms with Gasteiger partial charge in [0.05, 0.1) is 35.5 Å². The first kappa shape index (κ1) is 40.4. The van der Waals surface area contributed by atoms with E-state index in [1.54, 1.807) is 24.4 Å². The average Bonchev–Trinajstić information content (AvgIpc) is 3.84. The summed E-state index contributed by atoms with van der Waals surface area (Å²) in [6, 6.07) is 24.8. The van der Waals surface area contributed by atoms with Gasteiger partial charge in [0.25, 0.3) is 0 Å². The molecule has 0 unspecified atom stereocenters. The zero-order valence-electron chi connectivity index (χ0n) is 31.6. The first-order valence-electron chi connectivity index (χ1n) is 18.8. The van der Waals surface area contributed by atoms with Crippen LogP contribution in [0.25, 0.3) is 33.2 Å². The Balaban J connectivity index is 1.14. The monoisotopic (exact) mass is 817 g/mol. The van der Waals surface area contributed by atoms with Gasteiger partial charge in [-0.2, -0.15) is 10.4 Å². The van der Waals surface area contributed by atoms with Crippen LogP contribution in [-0.4, -0.2) is 62.1 Å². The molecule has 1 saturated heterocycles. The van der Waals surface area contributed by atoms with Crippen molar-refractivity contribution in [1.82, 2.24) is 30.7 Å². The second-order valence-corrected chi connectivity index (χ2v) is 15.1. The van der Waals surface area contributed by atoms with Gasteiger partial charge in [0.1, 0.15) is 24.5 Å². The summed E-state index contributed by atoms with van der Waals surface area (Å²) in [5.74, 6) is -0.633. The molecule has 1 amide bonds. The van der Waals surface area contributed by atoms with E-state index in [2.05, 4.69) is 70.3 Å². The van der Waals surface area contributed by atoms with Gasteiger partial charge in [0.15, 0.2) is 0 Å². The standard InChI is InChI=1S/C44H41Cl2N7O5/c1-26-11-35(30-7-5-27(6-8-30)17-49-21-33-9-10-42(55)52-33)43(46)36(12-26)34-3-2-4-40-37(34)22-51-53(40)23-32-15-41(58-25-29-13-28(16-47)18-48-19-29)31(14-38(32)45)20-50-39(24-54)44(56)57/h2-8,11-15,18-19,22,33,39,49-50,54H,9-10,17,20-21,23-25H2,1H3,(H,52,55)(H,56,57)/t33-,39-/m0/s1. The van der Waals surface area contributed by atoms with E-state index in [1.165, 1.54) is 6.20 Å². The molecule has 0 saturated carbocycles. The number of fused-ring (bicyclic) bond motifs is 1. The highest BCUT2D eigenvalue weighted by Crippen LogP contribution is 2.40. The van der Waals surface area contributed by atoms with Crippen LogP contribution in [0.3, 0.4) is 0 Å². The van der Waals surface area contributed by atoms with E-state index in [4.69, 9.17) is 33.0 Å². The van der Waals surface area contributed by atoms with Crippen LogP contribution in [0.5, 0.6) is 5.75 Å². The van der Waals surface area contributed by atoms with Crippen molar-refractivity contribution in [3.63, 3.8) is 0 Å². The van der Waals surface area contributed by atoms with Crippen molar-refractivity contribution in [3.8, 4) is 34.1 Å². The van der Waals surface area contributed by atoms with Crippen molar-refractivity contribution >= 4 is 46.0 Å². The molecule has 0 bridgehead atoms. The van der Waals surface area contributed by atoms with E-state index in [-0.39, 0.29) is 25.1 Å². The Bertz CT molecular complexity index is 2520. The van der Waals surface area contributed by atoms with Crippen molar-refractivity contribution in [1.29, 1.82) is 5.26 Å². The number of ether oxygens (including phenoxy) is 1. The summed E-state index contributed by atoms with van der Waals surface area (Å²) in [5.41, 5.74) is 9.15. The Morgan fingerprint density at radius 1 is 1.02 bits per heavy atom. The fourth-order valence-corrected chi connectivity index (χ4v) is 7.67. The summed E-state index contributed by atoms with van der Waals surface area (Å²) in [5, 5.41) is 44.4. The Kier molecular flexibility index (Phi) is 12.7. The molecule has 3 heterocycles. The number of halogens is 2. The average molecular weight is 819 g/mol. The predicted octanol–water partition coefficient (Wildman–Crippen LogP) is 6.78. The second kappa shape index (κ2) is 18.2. The number of aliphatic carboxylic acids is 1. The summed E-state index contributed by atoms with van der Waals surface area (Å²) in [6.07, 6.45) is 6.34. The lowest BCUT2D eigenvalue weighted by molar-refractivity contribution is -0.140. The van der Waals surface area contributed by atoms with Crippen molar-refractivity contribution in [2.75, 3.05) is 13.2 Å². The third-order valence-corrected chi connectivity index (χ3v) is 10.9. The van der Waals surface area contributed by atoms with Crippen LogP contribution < -0.4 is 20.7 Å². The fourth-order valence-electron chi connectivity index (χ4n) is 7.11. The number of aliphatic hydroxyl groups is 1. The minimum atomic E-state index is -1.19. The van der Waals surface area contributed by atoms with Gasteiger partial charge in [-0.3, -0.25) is 24.6 Å². The zero-order valence-corrected chi connectivity index (χ0v) is 33.1. The summed E-state index contributed by atoms with van der Waals surface area (Å²) in [4.78, 5) is 27.2. The van der Waals surface area contributed by atoms with Gasteiger partial charge in [0.2, 0.25) is 5.91 Å². The van der Waals surface area contributed by atoms with Gasteiger partial charge < -0.3 is 25.6 Å². The second-order valence-electron chi connectivity index (χ2n) is 14.3. The Morgan fingerprint density at radius 2 is 1.83 bits per heavy atom. The van der Waals surface area contributed by atoms with Gasteiger partial charge in [-0.1, -0.05) is 59.6 Å². The van der Waals surface area contributed by atoms with E-state index in [9.17, 15) is 25.1 Å². The number of rotatable bonds is 16. The van der Waals surface area contributed by atoms with Crippen molar-refractivity contribution in [3.05, 3.63) is 135 Å². The van der Waals surface area contributed by atoms with E-state index in [0.717, 1.165) is 57.2 Å². The van der Waals surface area contributed by atoms with E-state index < -0.39 is 18.6 Å². The molecule has 296 valence electrons. The summed E-state index contributed by atoms with van der Waals surface area (Å²) >= 11 is 14.1. The first-order chi connectivity index (χ1) is 28.1. The Morgan fingerprint density at radius 3 is 2.57 bits per heavy atom. The molecule has 2 aromatic heterocycles. The van der Waals surface area contributed by atoms with Gasteiger partial charge in [0, 0.05) is 77.2 Å². The van der Waals surface area contributed by atoms with Gasteiger partial charge in [-0.25, -0.2) is 0 Å². The number of aromatic nitrogens is 3. The number of aliphatic hydroxyl groups excluding tert-OH is 1. The topological polar surface area (TPSA) is 174 Å². The number of carboxylic acid groups (broad SMARTS) is 1. The molecule has 12 nitrogen and oxygen atoms in total. The fraction of sp³-hybridized carbons (Fsp3) is 0.250. The number of hydrogen-bond donors (Lipinski definition) is 5. The number of carbonyl (C=O) groups is 2. The molecular weight excluding hydrogens is 777 g/mol. The van der Waals surface area contributed by atoms with Gasteiger partial charge in [-0.15, -0.1) is 0 Å². The van der Waals surface area contributed by atoms with Gasteiger partial charge >= 0.3 is 5.97 Å². The molecule has 58 heavy (non-hydrogen) atoms. The normalized spacial score (nSPS) is 14.3. The first-order valence-corrected chi connectivity index (χ1v) is 19.6. The van der Waals surface area contributed by atoms with Crippen LogP contribution >= 0.6 is 23.2 Å². The molecule has 5 N–H and O–H groups in total. The Labute approximate surface area is 345 Å². The lowest BCUT2D eigenvalue weighted by atomic mass is 9.94. The molecule has 0 radical (unpaired) electrons. The molecule has 7 rings (SSSR count). The number of carbonyl (C=O) groups excluding carboxylic acids is 1. The third kappa shape index (κ3) is 9.31. The molecule has 1 aliphatic rings. The highest BCUT2D eigenvalue weighted by atomic mass is 35.5.